The van der Waals surface area contributed by atoms with Crippen molar-refractivity contribution in [2.45, 2.75) is 0 Å². The third-order valence-electron chi connectivity index (χ3n) is 1.76. The van der Waals surface area contributed by atoms with Gasteiger partial charge in [-0.3, -0.25) is 0 Å². The van der Waals surface area contributed by atoms with E-state index in [1.165, 1.54) is 7.11 Å². The number of halogens is 2. The van der Waals surface area contributed by atoms with Crippen LogP contribution in [0.4, 0.5) is 0 Å². The molecule has 0 unspecified atom stereocenters. The van der Waals surface area contributed by atoms with E-state index >= 15 is 0 Å². The van der Waals surface area contributed by atoms with E-state index in [4.69, 9.17) is 0 Å². The normalized spacial score (nSPS) is 10.6. The van der Waals surface area contributed by atoms with Crippen LogP contribution in [0, 0.1) is 0 Å². The van der Waals surface area contributed by atoms with Gasteiger partial charge in [-0.15, -0.1) is 0 Å². The van der Waals surface area contributed by atoms with Crippen molar-refractivity contribution in [3.05, 3.63) is 27.3 Å². The molecule has 0 atom stereocenters. The molecule has 2 aromatic rings. The van der Waals surface area contributed by atoms with Crippen molar-refractivity contribution in [2.75, 3.05) is 7.11 Å². The van der Waals surface area contributed by atoms with Gasteiger partial charge < -0.3 is 9.14 Å². The van der Waals surface area contributed by atoms with E-state index in [1.807, 2.05) is 0 Å². The molecule has 7 heteroatoms. The molecule has 0 fully saturated rings. The van der Waals surface area contributed by atoms with Crippen molar-refractivity contribution in [1.29, 1.82) is 0 Å². The number of hydrogen-bond acceptors (Lipinski definition) is 4. The van der Waals surface area contributed by atoms with Crippen LogP contribution in [0.5, 0.6) is 0 Å². The number of esters is 1. The van der Waals surface area contributed by atoms with Gasteiger partial charge in [-0.1, -0.05) is 0 Å². The maximum Gasteiger partial charge on any atom is 0.358 e. The Morgan fingerprint density at radius 3 is 2.80 bits per heavy atom. The van der Waals surface area contributed by atoms with Crippen LogP contribution in [-0.2, 0) is 4.74 Å². The topological polar surface area (TPSA) is 56.5 Å². The molecule has 0 saturated carbocycles. The molecule has 0 bridgehead atoms. The number of imidazole rings is 1. The van der Waals surface area contributed by atoms with E-state index in [9.17, 15) is 4.79 Å². The minimum Gasteiger partial charge on any atom is -0.464 e. The van der Waals surface area contributed by atoms with Gasteiger partial charge in [0.25, 0.3) is 0 Å². The SMILES string of the molecule is COC(=O)c1cn2cc(Br)nc(Br)c2n1. The molecular weight excluding hydrogens is 330 g/mol. The third-order valence-corrected chi connectivity index (χ3v) is 2.68. The van der Waals surface area contributed by atoms with E-state index in [-0.39, 0.29) is 5.69 Å². The van der Waals surface area contributed by atoms with Crippen LogP contribution in [0.3, 0.4) is 0 Å². The second-order valence-electron chi connectivity index (χ2n) is 2.70. The van der Waals surface area contributed by atoms with Crippen LogP contribution < -0.4 is 0 Å². The van der Waals surface area contributed by atoms with Crippen molar-refractivity contribution in [3.8, 4) is 0 Å². The molecule has 2 aromatic heterocycles. The van der Waals surface area contributed by atoms with Crippen LogP contribution in [-0.4, -0.2) is 27.4 Å². The van der Waals surface area contributed by atoms with Crippen molar-refractivity contribution in [3.63, 3.8) is 0 Å². The van der Waals surface area contributed by atoms with E-state index in [1.54, 1.807) is 16.8 Å². The summed E-state index contributed by atoms with van der Waals surface area (Å²) in [5.41, 5.74) is 0.816. The fraction of sp³-hybridized carbons (Fsp3) is 0.125. The molecule has 0 saturated heterocycles. The lowest BCUT2D eigenvalue weighted by Gasteiger charge is -1.95. The summed E-state index contributed by atoms with van der Waals surface area (Å²) in [7, 11) is 1.32. The van der Waals surface area contributed by atoms with Gasteiger partial charge in [0, 0.05) is 12.4 Å². The Balaban J connectivity index is 2.65. The van der Waals surface area contributed by atoms with Gasteiger partial charge >= 0.3 is 5.97 Å². The lowest BCUT2D eigenvalue weighted by Crippen LogP contribution is -2.00. The monoisotopic (exact) mass is 333 g/mol. The molecule has 0 aliphatic heterocycles. The molecule has 0 N–H and O–H groups in total. The predicted molar refractivity (Wildman–Crippen MR) is 59.7 cm³/mol. The molecule has 2 rings (SSSR count). The smallest absolute Gasteiger partial charge is 0.358 e. The van der Waals surface area contributed by atoms with Gasteiger partial charge in [-0.05, 0) is 31.9 Å². The summed E-state index contributed by atoms with van der Waals surface area (Å²) in [6, 6.07) is 0. The Kier molecular flexibility index (Phi) is 2.74. The number of hydrogen-bond donors (Lipinski definition) is 0. The average Bonchev–Trinajstić information content (AvgIpc) is 2.60. The summed E-state index contributed by atoms with van der Waals surface area (Å²) in [5, 5.41) is 0. The van der Waals surface area contributed by atoms with Crippen LogP contribution >= 0.6 is 31.9 Å². The number of methoxy groups -OCH3 is 1. The van der Waals surface area contributed by atoms with Gasteiger partial charge in [0.05, 0.1) is 7.11 Å². The molecular formula is C8H5Br2N3O2. The highest BCUT2D eigenvalue weighted by Crippen LogP contribution is 2.18. The fourth-order valence-corrected chi connectivity index (χ4v) is 2.26. The first kappa shape index (κ1) is 10.6. The predicted octanol–water partition coefficient (Wildman–Crippen LogP) is 2.04. The number of fused-ring (bicyclic) bond motifs is 1. The van der Waals surface area contributed by atoms with Crippen LogP contribution in [0.1, 0.15) is 10.5 Å². The van der Waals surface area contributed by atoms with E-state index < -0.39 is 5.97 Å². The molecule has 0 spiro atoms. The quantitative estimate of drug-likeness (QED) is 0.749. The van der Waals surface area contributed by atoms with E-state index in [0.717, 1.165) is 0 Å². The summed E-state index contributed by atoms with van der Waals surface area (Å²) < 4.78 is 7.47. The zero-order valence-corrected chi connectivity index (χ0v) is 10.7. The standard InChI is InChI=1S/C8H5Br2N3O2/c1-15-8(14)4-2-13-3-5(9)12-6(10)7(13)11-4/h2-3H,1H3. The summed E-state index contributed by atoms with van der Waals surface area (Å²) >= 11 is 6.50. The minimum atomic E-state index is -0.471. The first-order valence-corrected chi connectivity index (χ1v) is 5.49. The van der Waals surface area contributed by atoms with E-state index in [0.29, 0.717) is 14.9 Å². The molecule has 78 valence electrons. The van der Waals surface area contributed by atoms with Crippen molar-refractivity contribution < 1.29 is 9.53 Å². The summed E-state index contributed by atoms with van der Waals surface area (Å²) in [5.74, 6) is -0.471. The second-order valence-corrected chi connectivity index (χ2v) is 4.27. The number of carbonyl (C=O) groups excluding carboxylic acids is 1. The van der Waals surface area contributed by atoms with Crippen molar-refractivity contribution in [2.24, 2.45) is 0 Å². The molecule has 2 heterocycles. The molecule has 0 aromatic carbocycles. The van der Waals surface area contributed by atoms with Crippen molar-refractivity contribution in [1.82, 2.24) is 14.4 Å². The van der Waals surface area contributed by atoms with Crippen LogP contribution in [0.2, 0.25) is 0 Å². The number of rotatable bonds is 1. The Hall–Kier alpha value is -0.950. The number of aromatic nitrogens is 3. The number of ether oxygens (including phenoxy) is 1. The van der Waals surface area contributed by atoms with Crippen LogP contribution in [0.25, 0.3) is 5.65 Å². The highest BCUT2D eigenvalue weighted by atomic mass is 79.9. The number of nitrogens with zero attached hydrogens (tertiary/aromatic N) is 3. The maximum atomic E-state index is 11.2. The molecule has 15 heavy (non-hydrogen) atoms. The largest absolute Gasteiger partial charge is 0.464 e. The Morgan fingerprint density at radius 2 is 2.13 bits per heavy atom. The molecule has 0 aliphatic rings. The van der Waals surface area contributed by atoms with Gasteiger partial charge in [0.2, 0.25) is 0 Å². The van der Waals surface area contributed by atoms with Gasteiger partial charge in [0.15, 0.2) is 15.9 Å². The van der Waals surface area contributed by atoms with Crippen molar-refractivity contribution >= 4 is 43.5 Å². The summed E-state index contributed by atoms with van der Waals surface area (Å²) in [6.45, 7) is 0. The minimum absolute atomic E-state index is 0.248. The second kappa shape index (κ2) is 3.90. The van der Waals surface area contributed by atoms with Crippen LogP contribution in [0.15, 0.2) is 21.6 Å². The van der Waals surface area contributed by atoms with Gasteiger partial charge in [-0.25, -0.2) is 14.8 Å². The summed E-state index contributed by atoms with van der Waals surface area (Å²) in [6.07, 6.45) is 3.29. The Bertz CT molecular complexity index is 538. The van der Waals surface area contributed by atoms with E-state index in [2.05, 4.69) is 46.6 Å². The Morgan fingerprint density at radius 1 is 1.40 bits per heavy atom. The molecule has 0 amide bonds. The molecule has 0 aliphatic carbocycles. The average molecular weight is 335 g/mol. The number of carbonyl (C=O) groups is 1. The zero-order valence-electron chi connectivity index (χ0n) is 7.57. The first-order valence-electron chi connectivity index (χ1n) is 3.91. The highest BCUT2D eigenvalue weighted by molar-refractivity contribution is 9.11. The highest BCUT2D eigenvalue weighted by Gasteiger charge is 2.13. The van der Waals surface area contributed by atoms with Gasteiger partial charge in [-0.2, -0.15) is 0 Å². The molecule has 5 nitrogen and oxygen atoms in total. The first-order chi connectivity index (χ1) is 7.11. The summed E-state index contributed by atoms with van der Waals surface area (Å²) in [4.78, 5) is 19.4. The third kappa shape index (κ3) is 1.89. The lowest BCUT2D eigenvalue weighted by atomic mass is 10.5. The molecule has 0 radical (unpaired) electrons. The zero-order chi connectivity index (χ0) is 11.0. The fourth-order valence-electron chi connectivity index (χ4n) is 1.13. The lowest BCUT2D eigenvalue weighted by molar-refractivity contribution is 0.0595. The Labute approximate surface area is 102 Å². The maximum absolute atomic E-state index is 11.2. The van der Waals surface area contributed by atoms with Gasteiger partial charge in [0.1, 0.15) is 4.60 Å².